The maximum atomic E-state index is 13.0. The van der Waals surface area contributed by atoms with E-state index < -0.39 is 10.0 Å². The number of nitrogens with zero attached hydrogens (tertiary/aromatic N) is 3. The lowest BCUT2D eigenvalue weighted by Crippen LogP contribution is -2.48. The highest BCUT2D eigenvalue weighted by molar-refractivity contribution is 7.89. The van der Waals surface area contributed by atoms with Crippen molar-refractivity contribution >= 4 is 15.7 Å². The van der Waals surface area contributed by atoms with E-state index >= 15 is 0 Å². The quantitative estimate of drug-likeness (QED) is 0.815. The molecule has 6 heteroatoms. The molecule has 2 aromatic rings. The maximum Gasteiger partial charge on any atom is 0.243 e. The smallest absolute Gasteiger partial charge is 0.243 e. The van der Waals surface area contributed by atoms with Crippen molar-refractivity contribution in [3.63, 3.8) is 0 Å². The Labute approximate surface area is 161 Å². The molecule has 27 heavy (non-hydrogen) atoms. The minimum absolute atomic E-state index is 0.0119. The molecule has 0 aromatic heterocycles. The molecule has 1 fully saturated rings. The highest BCUT2D eigenvalue weighted by Gasteiger charge is 2.29. The Bertz CT molecular complexity index is 946. The predicted octanol–water partition coefficient (Wildman–Crippen LogP) is 3.37. The van der Waals surface area contributed by atoms with E-state index in [0.29, 0.717) is 36.6 Å². The fourth-order valence-electron chi connectivity index (χ4n) is 3.29. The zero-order valence-corrected chi connectivity index (χ0v) is 16.8. The summed E-state index contributed by atoms with van der Waals surface area (Å²) in [6, 6.07) is 16.8. The zero-order valence-electron chi connectivity index (χ0n) is 16.0. The van der Waals surface area contributed by atoms with Crippen LogP contribution in [0.4, 0.5) is 5.69 Å². The maximum absolute atomic E-state index is 13.0. The third-order valence-electron chi connectivity index (χ3n) is 4.96. The molecule has 1 heterocycles. The molecule has 0 atom stereocenters. The average molecular weight is 384 g/mol. The minimum Gasteiger partial charge on any atom is -0.368 e. The van der Waals surface area contributed by atoms with E-state index in [4.69, 9.17) is 0 Å². The molecule has 0 spiro atoms. The van der Waals surface area contributed by atoms with Gasteiger partial charge in [-0.1, -0.05) is 45.0 Å². The summed E-state index contributed by atoms with van der Waals surface area (Å²) in [5.41, 5.74) is 2.58. The first-order valence-electron chi connectivity index (χ1n) is 9.08. The van der Waals surface area contributed by atoms with E-state index in [1.165, 1.54) is 4.31 Å². The van der Waals surface area contributed by atoms with Gasteiger partial charge in [0.2, 0.25) is 10.0 Å². The molecule has 0 bridgehead atoms. The van der Waals surface area contributed by atoms with Gasteiger partial charge in [-0.2, -0.15) is 9.57 Å². The normalized spacial score (nSPS) is 16.1. The van der Waals surface area contributed by atoms with E-state index in [2.05, 4.69) is 31.7 Å². The molecule has 0 aliphatic carbocycles. The molecule has 142 valence electrons. The number of nitriles is 1. The van der Waals surface area contributed by atoms with Crippen LogP contribution in [0.25, 0.3) is 0 Å². The fraction of sp³-hybridized carbons (Fsp3) is 0.381. The van der Waals surface area contributed by atoms with Crippen molar-refractivity contribution in [2.75, 3.05) is 31.1 Å². The summed E-state index contributed by atoms with van der Waals surface area (Å²) in [6.07, 6.45) is 0. The Morgan fingerprint density at radius 2 is 1.52 bits per heavy atom. The molecule has 0 unspecified atom stereocenters. The molecule has 1 aliphatic rings. The van der Waals surface area contributed by atoms with Gasteiger partial charge in [-0.3, -0.25) is 0 Å². The topological polar surface area (TPSA) is 64.4 Å². The monoisotopic (exact) mass is 383 g/mol. The molecule has 0 N–H and O–H groups in total. The first-order valence-corrected chi connectivity index (χ1v) is 10.5. The Morgan fingerprint density at radius 1 is 0.926 bits per heavy atom. The van der Waals surface area contributed by atoms with Crippen molar-refractivity contribution in [1.82, 2.24) is 4.31 Å². The first-order chi connectivity index (χ1) is 12.7. The Kier molecular flexibility index (Phi) is 5.27. The molecule has 1 aliphatic heterocycles. The number of hydrogen-bond acceptors (Lipinski definition) is 4. The third-order valence-corrected chi connectivity index (χ3v) is 6.87. The lowest BCUT2D eigenvalue weighted by Gasteiger charge is -2.35. The Morgan fingerprint density at radius 3 is 2.07 bits per heavy atom. The molecular weight excluding hydrogens is 358 g/mol. The number of anilines is 1. The summed E-state index contributed by atoms with van der Waals surface area (Å²) in [5.74, 6) is 0. The lowest BCUT2D eigenvalue weighted by atomic mass is 9.87. The summed E-state index contributed by atoms with van der Waals surface area (Å²) in [6.45, 7) is 8.26. The van der Waals surface area contributed by atoms with Crippen molar-refractivity contribution in [1.29, 1.82) is 5.26 Å². The van der Waals surface area contributed by atoms with Gasteiger partial charge in [0.25, 0.3) is 0 Å². The molecule has 0 radical (unpaired) electrons. The number of hydrogen-bond donors (Lipinski definition) is 0. The van der Waals surface area contributed by atoms with Crippen LogP contribution in [0.2, 0.25) is 0 Å². The highest BCUT2D eigenvalue weighted by atomic mass is 32.2. The summed E-state index contributed by atoms with van der Waals surface area (Å²) in [4.78, 5) is 2.41. The lowest BCUT2D eigenvalue weighted by molar-refractivity contribution is 0.385. The molecule has 2 aromatic carbocycles. The largest absolute Gasteiger partial charge is 0.368 e. The van der Waals surface area contributed by atoms with Crippen molar-refractivity contribution in [2.45, 2.75) is 31.1 Å². The van der Waals surface area contributed by atoms with Gasteiger partial charge in [-0.15, -0.1) is 0 Å². The summed E-state index contributed by atoms with van der Waals surface area (Å²) >= 11 is 0. The van der Waals surface area contributed by atoms with Crippen LogP contribution in [-0.2, 0) is 15.4 Å². The predicted molar refractivity (Wildman–Crippen MR) is 107 cm³/mol. The van der Waals surface area contributed by atoms with Crippen LogP contribution in [0.5, 0.6) is 0 Å². The SMILES string of the molecule is CC(C)(C)c1ccc(S(=O)(=O)N2CCN(c3ccccc3C#N)CC2)cc1. The molecule has 1 saturated heterocycles. The van der Waals surface area contributed by atoms with Gasteiger partial charge in [-0.05, 0) is 35.2 Å². The number of benzene rings is 2. The van der Waals surface area contributed by atoms with E-state index in [1.807, 2.05) is 30.3 Å². The number of piperazine rings is 1. The summed E-state index contributed by atoms with van der Waals surface area (Å²) in [5, 5.41) is 9.28. The zero-order chi connectivity index (χ0) is 19.7. The van der Waals surface area contributed by atoms with Crippen molar-refractivity contribution in [2.24, 2.45) is 0 Å². The molecule has 0 amide bonds. The fourth-order valence-corrected chi connectivity index (χ4v) is 4.71. The van der Waals surface area contributed by atoms with Gasteiger partial charge in [0.15, 0.2) is 0 Å². The second-order valence-corrected chi connectivity index (χ2v) is 9.73. The van der Waals surface area contributed by atoms with Gasteiger partial charge in [0.05, 0.1) is 16.1 Å². The van der Waals surface area contributed by atoms with E-state index in [-0.39, 0.29) is 5.41 Å². The number of para-hydroxylation sites is 1. The minimum atomic E-state index is -3.50. The average Bonchev–Trinajstić information content (AvgIpc) is 2.67. The molecule has 0 saturated carbocycles. The van der Waals surface area contributed by atoms with Crippen LogP contribution >= 0.6 is 0 Å². The van der Waals surface area contributed by atoms with Crippen LogP contribution < -0.4 is 4.90 Å². The first kappa shape index (κ1) is 19.4. The molecular formula is C21H25N3O2S. The van der Waals surface area contributed by atoms with Crippen molar-refractivity contribution < 1.29 is 8.42 Å². The second-order valence-electron chi connectivity index (χ2n) is 7.79. The Balaban J connectivity index is 1.74. The van der Waals surface area contributed by atoms with Gasteiger partial charge in [0.1, 0.15) is 6.07 Å². The second kappa shape index (κ2) is 7.34. The van der Waals surface area contributed by atoms with E-state index in [0.717, 1.165) is 11.3 Å². The Hall–Kier alpha value is -2.36. The van der Waals surface area contributed by atoms with Crippen LogP contribution in [-0.4, -0.2) is 38.9 Å². The van der Waals surface area contributed by atoms with E-state index in [1.54, 1.807) is 18.2 Å². The molecule has 5 nitrogen and oxygen atoms in total. The van der Waals surface area contributed by atoms with Gasteiger partial charge < -0.3 is 4.90 Å². The summed E-state index contributed by atoms with van der Waals surface area (Å²) < 4.78 is 27.5. The summed E-state index contributed by atoms with van der Waals surface area (Å²) in [7, 11) is -3.50. The van der Waals surface area contributed by atoms with Crippen LogP contribution in [0.1, 0.15) is 31.9 Å². The van der Waals surface area contributed by atoms with Gasteiger partial charge >= 0.3 is 0 Å². The standard InChI is InChI=1S/C21H25N3O2S/c1-21(2,3)18-8-10-19(11-9-18)27(25,26)24-14-12-23(13-15-24)20-7-5-4-6-17(20)16-22/h4-11H,12-15H2,1-3H3. The molecule has 3 rings (SSSR count). The van der Waals surface area contributed by atoms with E-state index in [9.17, 15) is 13.7 Å². The third kappa shape index (κ3) is 4.00. The van der Waals surface area contributed by atoms with Crippen LogP contribution in [0.3, 0.4) is 0 Å². The van der Waals surface area contributed by atoms with Gasteiger partial charge in [0, 0.05) is 26.2 Å². The van der Waals surface area contributed by atoms with Crippen LogP contribution in [0, 0.1) is 11.3 Å². The highest BCUT2D eigenvalue weighted by Crippen LogP contribution is 2.26. The number of sulfonamides is 1. The van der Waals surface area contributed by atoms with Crippen molar-refractivity contribution in [3.05, 3.63) is 59.7 Å². The van der Waals surface area contributed by atoms with Gasteiger partial charge in [-0.25, -0.2) is 8.42 Å². The number of rotatable bonds is 3. The van der Waals surface area contributed by atoms with Crippen molar-refractivity contribution in [3.8, 4) is 6.07 Å². The van der Waals surface area contributed by atoms with Crippen LogP contribution in [0.15, 0.2) is 53.4 Å².